The van der Waals surface area contributed by atoms with E-state index in [1.54, 1.807) is 0 Å². The van der Waals surface area contributed by atoms with Crippen LogP contribution in [0.5, 0.6) is 0 Å². The summed E-state index contributed by atoms with van der Waals surface area (Å²) in [5, 5.41) is 10.7. The highest BCUT2D eigenvalue weighted by atomic mass is 31.2. The summed E-state index contributed by atoms with van der Waals surface area (Å²) in [6, 6.07) is 0. The molecule has 0 aliphatic heterocycles. The minimum Gasteiger partial charge on any atom is -0.462 e. The average Bonchev–Trinajstić information content (AvgIpc) is 0.915. The first-order chi connectivity index (χ1) is 51.1. The van der Waals surface area contributed by atoms with E-state index in [9.17, 15) is 43.2 Å². The van der Waals surface area contributed by atoms with Gasteiger partial charge in [0, 0.05) is 25.7 Å². The van der Waals surface area contributed by atoms with E-state index in [2.05, 4.69) is 34.6 Å². The molecule has 105 heavy (non-hydrogen) atoms. The summed E-state index contributed by atoms with van der Waals surface area (Å²) in [6.45, 7) is 7.39. The quantitative estimate of drug-likeness (QED) is 0.0222. The summed E-state index contributed by atoms with van der Waals surface area (Å²) in [5.74, 6) is -1.23. The molecular weight excluding hydrogens is 1370 g/mol. The van der Waals surface area contributed by atoms with Crippen molar-refractivity contribution in [1.29, 1.82) is 0 Å². The van der Waals surface area contributed by atoms with E-state index < -0.39 is 97.5 Å². The number of esters is 4. The topological polar surface area (TPSA) is 237 Å². The number of phosphoric ester groups is 2. The SMILES string of the molecule is CCCCCCCCCCCCCCCCCCCCCCCCC(=O)OC[C@H](COP(=O)(O)OC[C@@H](O)COP(=O)(O)OC[C@@H](COC(=O)CCCCCCCCCC)OC(=O)CCCCCCCCCCCCCCC)OC(=O)CCCCCCCCCCCCCCCCCCCCC(C)CC. The van der Waals surface area contributed by atoms with Crippen molar-refractivity contribution < 1.29 is 80.2 Å². The maximum absolute atomic E-state index is 13.1. The van der Waals surface area contributed by atoms with Crippen molar-refractivity contribution >= 4 is 39.5 Å². The lowest BCUT2D eigenvalue weighted by molar-refractivity contribution is -0.161. The summed E-state index contributed by atoms with van der Waals surface area (Å²) in [5.41, 5.74) is 0. The van der Waals surface area contributed by atoms with Crippen LogP contribution in [-0.4, -0.2) is 96.7 Å². The Morgan fingerprint density at radius 1 is 0.267 bits per heavy atom. The van der Waals surface area contributed by atoms with E-state index >= 15 is 0 Å². The van der Waals surface area contributed by atoms with Crippen molar-refractivity contribution in [1.82, 2.24) is 0 Å². The van der Waals surface area contributed by atoms with Gasteiger partial charge < -0.3 is 33.8 Å². The number of carbonyl (C=O) groups is 4. The lowest BCUT2D eigenvalue weighted by Crippen LogP contribution is -2.30. The predicted octanol–water partition coefficient (Wildman–Crippen LogP) is 26.4. The normalized spacial score (nSPS) is 14.0. The number of aliphatic hydroxyl groups excluding tert-OH is 1. The third-order valence-corrected chi connectivity index (χ3v) is 22.5. The summed E-state index contributed by atoms with van der Waals surface area (Å²) in [7, 11) is -9.92. The minimum absolute atomic E-state index is 0.108. The first-order valence-corrected chi connectivity index (χ1v) is 47.7. The number of ether oxygens (including phenoxy) is 4. The average molecular weight is 1540 g/mol. The van der Waals surface area contributed by atoms with Crippen molar-refractivity contribution in [2.75, 3.05) is 39.6 Å². The molecule has 0 heterocycles. The Bertz CT molecular complexity index is 2000. The van der Waals surface area contributed by atoms with Crippen LogP contribution in [0.1, 0.15) is 465 Å². The zero-order chi connectivity index (χ0) is 76.9. The highest BCUT2D eigenvalue weighted by Gasteiger charge is 2.30. The van der Waals surface area contributed by atoms with Gasteiger partial charge in [-0.15, -0.1) is 0 Å². The van der Waals surface area contributed by atoms with E-state index in [-0.39, 0.29) is 25.7 Å². The third kappa shape index (κ3) is 78.5. The summed E-state index contributed by atoms with van der Waals surface area (Å²) >= 11 is 0. The van der Waals surface area contributed by atoms with Gasteiger partial charge in [0.1, 0.15) is 19.3 Å². The largest absolute Gasteiger partial charge is 0.472 e. The van der Waals surface area contributed by atoms with Crippen LogP contribution in [-0.2, 0) is 65.4 Å². The number of hydrogen-bond donors (Lipinski definition) is 3. The van der Waals surface area contributed by atoms with Crippen LogP contribution in [0, 0.1) is 5.92 Å². The van der Waals surface area contributed by atoms with Gasteiger partial charge >= 0.3 is 39.5 Å². The van der Waals surface area contributed by atoms with Gasteiger partial charge in [-0.2, -0.15) is 0 Å². The molecule has 0 saturated heterocycles. The van der Waals surface area contributed by atoms with Crippen LogP contribution in [0.3, 0.4) is 0 Å². The van der Waals surface area contributed by atoms with E-state index in [0.717, 1.165) is 102 Å². The van der Waals surface area contributed by atoms with Gasteiger partial charge in [-0.1, -0.05) is 413 Å². The van der Waals surface area contributed by atoms with Crippen LogP contribution in [0.2, 0.25) is 0 Å². The zero-order valence-corrected chi connectivity index (χ0v) is 70.7. The number of phosphoric acid groups is 2. The molecule has 3 N–H and O–H groups in total. The predicted molar refractivity (Wildman–Crippen MR) is 432 cm³/mol. The molecule has 6 atom stereocenters. The smallest absolute Gasteiger partial charge is 0.462 e. The Morgan fingerprint density at radius 2 is 0.457 bits per heavy atom. The summed E-state index contributed by atoms with van der Waals surface area (Å²) < 4.78 is 68.8. The van der Waals surface area contributed by atoms with E-state index in [0.29, 0.717) is 25.7 Å². The highest BCUT2D eigenvalue weighted by Crippen LogP contribution is 2.45. The van der Waals surface area contributed by atoms with Crippen LogP contribution in [0.15, 0.2) is 0 Å². The number of rotatable bonds is 86. The van der Waals surface area contributed by atoms with Crippen LogP contribution in [0.25, 0.3) is 0 Å². The molecule has 0 aromatic heterocycles. The molecule has 0 aromatic carbocycles. The third-order valence-electron chi connectivity index (χ3n) is 20.6. The van der Waals surface area contributed by atoms with Crippen LogP contribution < -0.4 is 0 Å². The van der Waals surface area contributed by atoms with Crippen molar-refractivity contribution in [3.8, 4) is 0 Å². The fourth-order valence-corrected chi connectivity index (χ4v) is 15.0. The fraction of sp³-hybridized carbons (Fsp3) is 0.953. The summed E-state index contributed by atoms with van der Waals surface area (Å²) in [4.78, 5) is 73.1. The van der Waals surface area contributed by atoms with Crippen molar-refractivity contribution in [2.45, 2.75) is 483 Å². The Labute approximate surface area is 645 Å². The summed E-state index contributed by atoms with van der Waals surface area (Å²) in [6.07, 6.45) is 72.4. The Balaban J connectivity index is 5.16. The second-order valence-corrected chi connectivity index (χ2v) is 34.1. The Hall–Kier alpha value is -1.94. The van der Waals surface area contributed by atoms with Gasteiger partial charge in [0.2, 0.25) is 0 Å². The highest BCUT2D eigenvalue weighted by molar-refractivity contribution is 7.47. The molecule has 0 bridgehead atoms. The number of aliphatic hydroxyl groups is 1. The molecule has 0 saturated carbocycles. The fourth-order valence-electron chi connectivity index (χ4n) is 13.4. The molecule has 17 nitrogen and oxygen atoms in total. The molecule has 19 heteroatoms. The van der Waals surface area contributed by atoms with E-state index in [4.69, 9.17) is 37.0 Å². The molecule has 0 aromatic rings. The Morgan fingerprint density at radius 3 is 0.676 bits per heavy atom. The van der Waals surface area contributed by atoms with Gasteiger partial charge in [0.05, 0.1) is 26.4 Å². The first-order valence-electron chi connectivity index (χ1n) is 44.7. The lowest BCUT2D eigenvalue weighted by atomic mass is 9.99. The molecule has 0 aliphatic rings. The maximum atomic E-state index is 13.1. The van der Waals surface area contributed by atoms with Crippen LogP contribution >= 0.6 is 15.6 Å². The molecule has 0 amide bonds. The maximum Gasteiger partial charge on any atom is 0.472 e. The van der Waals surface area contributed by atoms with Crippen molar-refractivity contribution in [3.63, 3.8) is 0 Å². The van der Waals surface area contributed by atoms with Gasteiger partial charge in [0.15, 0.2) is 12.2 Å². The van der Waals surface area contributed by atoms with E-state index in [1.807, 2.05) is 0 Å². The van der Waals surface area contributed by atoms with Gasteiger partial charge in [-0.25, -0.2) is 9.13 Å². The van der Waals surface area contributed by atoms with Gasteiger partial charge in [0.25, 0.3) is 0 Å². The molecule has 0 aliphatic carbocycles. The van der Waals surface area contributed by atoms with Crippen LogP contribution in [0.4, 0.5) is 0 Å². The second-order valence-electron chi connectivity index (χ2n) is 31.2. The number of unbranched alkanes of at least 4 members (excludes halogenated alkanes) is 57. The minimum atomic E-state index is -4.96. The Kier molecular flexibility index (Phi) is 77.3. The number of carbonyl (C=O) groups excluding carboxylic acids is 4. The second kappa shape index (κ2) is 78.7. The van der Waals surface area contributed by atoms with Crippen molar-refractivity contribution in [3.05, 3.63) is 0 Å². The van der Waals surface area contributed by atoms with Gasteiger partial charge in [-0.3, -0.25) is 37.3 Å². The molecular formula is C86H168O17P2. The lowest BCUT2D eigenvalue weighted by Gasteiger charge is -2.21. The molecule has 0 rings (SSSR count). The van der Waals surface area contributed by atoms with E-state index in [1.165, 1.54) is 283 Å². The molecule has 0 spiro atoms. The zero-order valence-electron chi connectivity index (χ0n) is 68.9. The first kappa shape index (κ1) is 103. The molecule has 3 unspecified atom stereocenters. The number of hydrogen-bond acceptors (Lipinski definition) is 15. The van der Waals surface area contributed by atoms with Gasteiger partial charge in [-0.05, 0) is 31.6 Å². The monoisotopic (exact) mass is 1540 g/mol. The van der Waals surface area contributed by atoms with Crippen molar-refractivity contribution in [2.24, 2.45) is 5.92 Å². The molecule has 0 radical (unpaired) electrons. The molecule has 0 fully saturated rings. The molecule has 624 valence electrons. The standard InChI is InChI=1S/C86H168O17P2/c1-6-10-13-16-19-22-24-26-27-28-29-30-31-32-36-39-43-46-50-55-60-65-70-84(89)97-76-82(103-86(91)72-67-62-57-52-48-44-40-37-34-33-35-38-42-45-49-53-58-63-68-79(5)9-4)78-101-105(94,95)99-74-80(87)73-98-104(92,93)100-77-81(75-96-83(88)69-64-59-54-21-18-15-12-8-3)102-85(90)71-66-61-56-51-47-41-25-23-20-17-14-11-7-2/h79-82,87H,6-78H2,1-5H3,(H,92,93)(H,94,95)/t79?,80-,81+,82+/m0/s1.